The number of thiazole rings is 1. The summed E-state index contributed by atoms with van der Waals surface area (Å²) < 4.78 is 5.44. The molecule has 2 heterocycles. The third kappa shape index (κ3) is 8.57. The van der Waals surface area contributed by atoms with E-state index in [4.69, 9.17) is 9.73 Å². The zero-order chi connectivity index (χ0) is 21.2. The van der Waals surface area contributed by atoms with Crippen molar-refractivity contribution in [3.05, 3.63) is 45.9 Å². The van der Waals surface area contributed by atoms with E-state index in [1.807, 2.05) is 12.1 Å². The summed E-state index contributed by atoms with van der Waals surface area (Å²) >= 11 is 1.74. The fourth-order valence-electron chi connectivity index (χ4n) is 3.82. The Kier molecular flexibility index (Phi) is 11.6. The van der Waals surface area contributed by atoms with Crippen molar-refractivity contribution in [2.24, 2.45) is 10.9 Å². The highest BCUT2D eigenvalue weighted by Crippen LogP contribution is 2.20. The summed E-state index contributed by atoms with van der Waals surface area (Å²) in [5.41, 5.74) is 2.42. The number of rotatable bonds is 9. The van der Waals surface area contributed by atoms with E-state index in [0.717, 1.165) is 62.4 Å². The first-order valence-corrected chi connectivity index (χ1v) is 11.8. The molecular formula is C23H36IN5OS. The van der Waals surface area contributed by atoms with E-state index in [0.29, 0.717) is 5.92 Å². The standard InChI is InChI=1S/C23H35N5OS.HI/c1-4-24-23(25-12-9-20-7-5-6-8-22(20)29-3)26-15-19-10-13-28(14-11-19)16-21-17-30-18(2)27-21;/h5-8,17,19H,4,9-16H2,1-3H3,(H2,24,25,26);1H. The first-order valence-electron chi connectivity index (χ1n) is 11.0. The third-order valence-electron chi connectivity index (χ3n) is 5.49. The van der Waals surface area contributed by atoms with Gasteiger partial charge < -0.3 is 15.4 Å². The van der Waals surface area contributed by atoms with Gasteiger partial charge in [-0.15, -0.1) is 35.3 Å². The molecule has 0 atom stereocenters. The maximum absolute atomic E-state index is 5.44. The molecule has 2 N–H and O–H groups in total. The van der Waals surface area contributed by atoms with Crippen molar-refractivity contribution in [1.29, 1.82) is 0 Å². The van der Waals surface area contributed by atoms with Gasteiger partial charge in [0.1, 0.15) is 5.75 Å². The number of nitrogens with zero attached hydrogens (tertiary/aromatic N) is 3. The number of aryl methyl sites for hydroxylation is 1. The molecular weight excluding hydrogens is 521 g/mol. The molecule has 172 valence electrons. The predicted molar refractivity (Wildman–Crippen MR) is 141 cm³/mol. The molecule has 1 aromatic carbocycles. The van der Waals surface area contributed by atoms with Gasteiger partial charge in [-0.3, -0.25) is 9.89 Å². The number of aliphatic imine (C=N–C) groups is 1. The van der Waals surface area contributed by atoms with E-state index >= 15 is 0 Å². The van der Waals surface area contributed by atoms with Crippen LogP contribution in [0.15, 0.2) is 34.6 Å². The zero-order valence-electron chi connectivity index (χ0n) is 18.9. The Bertz CT molecular complexity index is 805. The second kappa shape index (κ2) is 13.9. The molecule has 0 radical (unpaired) electrons. The number of hydrogen-bond acceptors (Lipinski definition) is 5. The largest absolute Gasteiger partial charge is 0.496 e. The first kappa shape index (κ1) is 25.9. The van der Waals surface area contributed by atoms with Crippen LogP contribution < -0.4 is 15.4 Å². The van der Waals surface area contributed by atoms with Crippen molar-refractivity contribution in [3.63, 3.8) is 0 Å². The minimum Gasteiger partial charge on any atom is -0.496 e. The lowest BCUT2D eigenvalue weighted by molar-refractivity contribution is 0.179. The first-order chi connectivity index (χ1) is 14.7. The Morgan fingerprint density at radius 2 is 2.03 bits per heavy atom. The minimum absolute atomic E-state index is 0. The molecule has 1 aliphatic heterocycles. The second-order valence-corrected chi connectivity index (χ2v) is 8.85. The van der Waals surface area contributed by atoms with Crippen LogP contribution >= 0.6 is 35.3 Å². The molecule has 0 unspecified atom stereocenters. The Morgan fingerprint density at radius 3 is 2.71 bits per heavy atom. The molecule has 1 aliphatic rings. The number of ether oxygens (including phenoxy) is 1. The van der Waals surface area contributed by atoms with Crippen LogP contribution in [0.4, 0.5) is 0 Å². The lowest BCUT2D eigenvalue weighted by atomic mass is 9.97. The van der Waals surface area contributed by atoms with Gasteiger partial charge in [0, 0.05) is 31.6 Å². The van der Waals surface area contributed by atoms with Gasteiger partial charge in [-0.05, 0) is 63.7 Å². The van der Waals surface area contributed by atoms with E-state index in [1.165, 1.54) is 24.1 Å². The van der Waals surface area contributed by atoms with Gasteiger partial charge >= 0.3 is 0 Å². The Morgan fingerprint density at radius 1 is 1.26 bits per heavy atom. The maximum Gasteiger partial charge on any atom is 0.191 e. The minimum atomic E-state index is 0. The second-order valence-electron chi connectivity index (χ2n) is 7.79. The number of piperidine rings is 1. The molecule has 0 amide bonds. The highest BCUT2D eigenvalue weighted by molar-refractivity contribution is 14.0. The van der Waals surface area contributed by atoms with Crippen LogP contribution in [0.2, 0.25) is 0 Å². The summed E-state index contributed by atoms with van der Waals surface area (Å²) in [5, 5.41) is 10.2. The number of methoxy groups -OCH3 is 1. The fourth-order valence-corrected chi connectivity index (χ4v) is 4.43. The van der Waals surface area contributed by atoms with Gasteiger partial charge in [0.2, 0.25) is 0 Å². The van der Waals surface area contributed by atoms with Gasteiger partial charge in [0.25, 0.3) is 0 Å². The summed E-state index contributed by atoms with van der Waals surface area (Å²) in [6.07, 6.45) is 3.31. The van der Waals surface area contributed by atoms with Gasteiger partial charge in [0.05, 0.1) is 17.8 Å². The van der Waals surface area contributed by atoms with Crippen molar-refractivity contribution in [2.45, 2.75) is 39.7 Å². The van der Waals surface area contributed by atoms with Crippen LogP contribution in [-0.4, -0.2) is 55.7 Å². The molecule has 2 aromatic rings. The van der Waals surface area contributed by atoms with Gasteiger partial charge in [-0.2, -0.15) is 0 Å². The lowest BCUT2D eigenvalue weighted by Crippen LogP contribution is -2.39. The number of para-hydroxylation sites is 1. The molecule has 0 saturated carbocycles. The zero-order valence-corrected chi connectivity index (χ0v) is 22.0. The molecule has 0 aliphatic carbocycles. The van der Waals surface area contributed by atoms with E-state index in [9.17, 15) is 0 Å². The van der Waals surface area contributed by atoms with E-state index in [1.54, 1.807) is 18.4 Å². The fraction of sp³-hybridized carbons (Fsp3) is 0.565. The molecule has 8 heteroatoms. The maximum atomic E-state index is 5.44. The topological polar surface area (TPSA) is 61.8 Å². The van der Waals surface area contributed by atoms with E-state index < -0.39 is 0 Å². The molecule has 0 bridgehead atoms. The highest BCUT2D eigenvalue weighted by Gasteiger charge is 2.19. The molecule has 0 spiro atoms. The number of likely N-dealkylation sites (tertiary alicyclic amines) is 1. The molecule has 31 heavy (non-hydrogen) atoms. The summed E-state index contributed by atoms with van der Waals surface area (Å²) in [4.78, 5) is 12.0. The average molecular weight is 558 g/mol. The van der Waals surface area contributed by atoms with Gasteiger partial charge in [-0.1, -0.05) is 18.2 Å². The summed E-state index contributed by atoms with van der Waals surface area (Å²) in [5.74, 6) is 2.51. The Hall–Kier alpha value is -1.39. The summed E-state index contributed by atoms with van der Waals surface area (Å²) in [7, 11) is 1.72. The Labute approximate surface area is 207 Å². The smallest absolute Gasteiger partial charge is 0.191 e. The van der Waals surface area contributed by atoms with Crippen molar-refractivity contribution in [1.82, 2.24) is 20.5 Å². The number of halogens is 1. The predicted octanol–water partition coefficient (Wildman–Crippen LogP) is 4.09. The highest BCUT2D eigenvalue weighted by atomic mass is 127. The molecule has 1 fully saturated rings. The van der Waals surface area contributed by atoms with Crippen LogP contribution in [0.3, 0.4) is 0 Å². The van der Waals surface area contributed by atoms with Crippen molar-refractivity contribution in [2.75, 3.05) is 39.8 Å². The van der Waals surface area contributed by atoms with Crippen molar-refractivity contribution < 1.29 is 4.74 Å². The number of hydrogen-bond donors (Lipinski definition) is 2. The monoisotopic (exact) mass is 557 g/mol. The van der Waals surface area contributed by atoms with Crippen LogP contribution in [0.5, 0.6) is 5.75 Å². The van der Waals surface area contributed by atoms with E-state index in [-0.39, 0.29) is 24.0 Å². The molecule has 3 rings (SSSR count). The number of benzene rings is 1. The van der Waals surface area contributed by atoms with Crippen LogP contribution in [0, 0.1) is 12.8 Å². The van der Waals surface area contributed by atoms with Crippen LogP contribution in [0.1, 0.15) is 36.0 Å². The van der Waals surface area contributed by atoms with Gasteiger partial charge in [0.15, 0.2) is 5.96 Å². The number of aromatic nitrogens is 1. The quantitative estimate of drug-likeness (QED) is 0.277. The van der Waals surface area contributed by atoms with Gasteiger partial charge in [-0.25, -0.2) is 4.98 Å². The molecule has 6 nitrogen and oxygen atoms in total. The summed E-state index contributed by atoms with van der Waals surface area (Å²) in [6, 6.07) is 8.19. The Balaban J connectivity index is 0.00000341. The normalized spacial score (nSPS) is 15.4. The molecule has 1 saturated heterocycles. The number of guanidine groups is 1. The van der Waals surface area contributed by atoms with Crippen LogP contribution in [0.25, 0.3) is 0 Å². The molecule has 1 aromatic heterocycles. The van der Waals surface area contributed by atoms with Crippen molar-refractivity contribution in [3.8, 4) is 5.75 Å². The van der Waals surface area contributed by atoms with E-state index in [2.05, 4.69) is 51.9 Å². The lowest BCUT2D eigenvalue weighted by Gasteiger charge is -2.30. The summed E-state index contributed by atoms with van der Waals surface area (Å²) in [6.45, 7) is 10.0. The third-order valence-corrected chi connectivity index (χ3v) is 6.31. The average Bonchev–Trinajstić information content (AvgIpc) is 3.18. The SMILES string of the molecule is CCNC(=NCC1CCN(Cc2csc(C)n2)CC1)NCCc1ccccc1OC.I. The van der Waals surface area contributed by atoms with Crippen molar-refractivity contribution >= 4 is 41.3 Å². The van der Waals surface area contributed by atoms with Crippen LogP contribution in [-0.2, 0) is 13.0 Å². The number of nitrogens with one attached hydrogen (secondary N) is 2.